The molecule has 0 bridgehead atoms. The molecule has 9 heteroatoms. The Kier molecular flexibility index (Phi) is 4.53. The number of benzene rings is 2. The fourth-order valence-corrected chi connectivity index (χ4v) is 3.68. The molecule has 1 atom stereocenters. The predicted octanol–water partition coefficient (Wildman–Crippen LogP) is 2.60. The van der Waals surface area contributed by atoms with Crippen molar-refractivity contribution in [3.05, 3.63) is 82.3 Å². The molecule has 2 aliphatic heterocycles. The number of nitrogens with zero attached hydrogens (tertiary/aromatic N) is 2. The van der Waals surface area contributed by atoms with Gasteiger partial charge >= 0.3 is 0 Å². The monoisotopic (exact) mass is 414 g/mol. The molecule has 154 valence electrons. The first-order valence-electron chi connectivity index (χ1n) is 8.99. The van der Waals surface area contributed by atoms with Crippen LogP contribution in [0.5, 0.6) is 0 Å². The van der Waals surface area contributed by atoms with E-state index >= 15 is 0 Å². The zero-order valence-electron chi connectivity index (χ0n) is 16.0. The summed E-state index contributed by atoms with van der Waals surface area (Å²) in [6, 6.07) is 5.85. The number of nitrogens with two attached hydrogens (primary N) is 1. The van der Waals surface area contributed by atoms with E-state index in [2.05, 4.69) is 5.43 Å². The summed E-state index contributed by atoms with van der Waals surface area (Å²) in [5.74, 6) is -3.59. The first-order valence-corrected chi connectivity index (χ1v) is 8.99. The average molecular weight is 414 g/mol. The number of amides is 2. The van der Waals surface area contributed by atoms with E-state index in [0.717, 1.165) is 18.2 Å². The second-order valence-electron chi connectivity index (χ2n) is 7.06. The molecule has 3 N–H and O–H groups in total. The van der Waals surface area contributed by atoms with Crippen molar-refractivity contribution in [2.45, 2.75) is 13.1 Å². The summed E-state index contributed by atoms with van der Waals surface area (Å²) in [5, 5.41) is 1.21. The largest absolute Gasteiger partial charge is 0.366 e. The Hall–Kier alpha value is -3.75. The first-order chi connectivity index (χ1) is 14.2. The third-order valence-electron chi connectivity index (χ3n) is 5.24. The lowest BCUT2D eigenvalue weighted by atomic mass is 9.91. The minimum Gasteiger partial charge on any atom is -0.366 e. The van der Waals surface area contributed by atoms with Crippen LogP contribution in [0.15, 0.2) is 48.2 Å². The van der Waals surface area contributed by atoms with Gasteiger partial charge in [-0.05, 0) is 48.4 Å². The van der Waals surface area contributed by atoms with Gasteiger partial charge in [0.05, 0.1) is 0 Å². The number of hydrogen-bond acceptors (Lipinski definition) is 4. The Morgan fingerprint density at radius 1 is 1.13 bits per heavy atom. The Bertz CT molecular complexity index is 1140. The second kappa shape index (κ2) is 6.94. The number of carbonyl (C=O) groups is 2. The highest BCUT2D eigenvalue weighted by Crippen LogP contribution is 2.37. The molecular weight excluding hydrogens is 397 g/mol. The van der Waals surface area contributed by atoms with Crippen LogP contribution in [0.2, 0.25) is 0 Å². The smallest absolute Gasteiger partial charge is 0.256 e. The van der Waals surface area contributed by atoms with Gasteiger partial charge in [0.15, 0.2) is 17.8 Å². The van der Waals surface area contributed by atoms with Crippen molar-refractivity contribution in [1.29, 1.82) is 0 Å². The van der Waals surface area contributed by atoms with Crippen LogP contribution in [-0.2, 0) is 4.79 Å². The topological polar surface area (TPSA) is 78.7 Å². The Morgan fingerprint density at radius 3 is 2.43 bits per heavy atom. The maximum Gasteiger partial charge on any atom is 0.256 e. The van der Waals surface area contributed by atoms with Gasteiger partial charge in [-0.25, -0.2) is 13.2 Å². The number of carbonyl (C=O) groups excluding carboxylic acids is 2. The molecule has 2 heterocycles. The number of primary amides is 1. The van der Waals surface area contributed by atoms with Crippen molar-refractivity contribution in [3.8, 4) is 0 Å². The van der Waals surface area contributed by atoms with Crippen molar-refractivity contribution in [2.75, 3.05) is 12.1 Å². The number of nitrogens with one attached hydrogen (secondary N) is 1. The van der Waals surface area contributed by atoms with E-state index in [9.17, 15) is 22.8 Å². The quantitative estimate of drug-likeness (QED) is 0.810. The first kappa shape index (κ1) is 19.6. The number of hydrazine groups is 1. The van der Waals surface area contributed by atoms with Crippen LogP contribution in [0.4, 0.5) is 18.9 Å². The van der Waals surface area contributed by atoms with Crippen LogP contribution in [0.3, 0.4) is 0 Å². The van der Waals surface area contributed by atoms with E-state index in [-0.39, 0.29) is 28.0 Å². The van der Waals surface area contributed by atoms with Crippen LogP contribution in [0, 0.1) is 24.4 Å². The Balaban J connectivity index is 1.81. The highest BCUT2D eigenvalue weighted by Gasteiger charge is 2.40. The van der Waals surface area contributed by atoms with Crippen LogP contribution in [0.1, 0.15) is 21.5 Å². The fourth-order valence-electron chi connectivity index (χ4n) is 3.68. The molecular formula is C21H17F3N4O2. The molecule has 0 aliphatic carbocycles. The standard InChI is InChI=1S/C21H17F3N4O2/c1-10-13(6-11(19(25)29)8-17(10)24)14-7-12-9-26-28(20(12)27(2)21(14)30)18-15(22)4-3-5-16(18)23/h3-9,20,26H,1-2H3,(H2,25,29). The van der Waals surface area contributed by atoms with Gasteiger partial charge < -0.3 is 16.1 Å². The fraction of sp³-hybridized carbons (Fsp3) is 0.143. The summed E-state index contributed by atoms with van der Waals surface area (Å²) in [6.45, 7) is 1.48. The van der Waals surface area contributed by atoms with Gasteiger partial charge in [0, 0.05) is 30.0 Å². The maximum absolute atomic E-state index is 14.3. The van der Waals surface area contributed by atoms with Gasteiger partial charge in [-0.2, -0.15) is 0 Å². The lowest BCUT2D eigenvalue weighted by molar-refractivity contribution is -0.125. The summed E-state index contributed by atoms with van der Waals surface area (Å²) >= 11 is 0. The van der Waals surface area contributed by atoms with Crippen molar-refractivity contribution in [3.63, 3.8) is 0 Å². The Labute approximate surface area is 170 Å². The number of halogens is 3. The predicted molar refractivity (Wildman–Crippen MR) is 104 cm³/mol. The van der Waals surface area contributed by atoms with E-state index in [1.54, 1.807) is 0 Å². The highest BCUT2D eigenvalue weighted by molar-refractivity contribution is 6.22. The average Bonchev–Trinajstić information content (AvgIpc) is 3.10. The minimum atomic E-state index is -0.826. The lowest BCUT2D eigenvalue weighted by Gasteiger charge is -2.37. The van der Waals surface area contributed by atoms with Gasteiger partial charge in [0.25, 0.3) is 5.91 Å². The molecule has 2 amide bonds. The molecule has 6 nitrogen and oxygen atoms in total. The van der Waals surface area contributed by atoms with Crippen molar-refractivity contribution in [1.82, 2.24) is 10.3 Å². The van der Waals surface area contributed by atoms with Crippen molar-refractivity contribution < 1.29 is 22.8 Å². The van der Waals surface area contributed by atoms with Gasteiger partial charge in [0.2, 0.25) is 5.91 Å². The second-order valence-corrected chi connectivity index (χ2v) is 7.06. The summed E-state index contributed by atoms with van der Waals surface area (Å²) in [7, 11) is 1.47. The summed E-state index contributed by atoms with van der Waals surface area (Å²) in [4.78, 5) is 25.9. The van der Waals surface area contributed by atoms with E-state index in [0.29, 0.717) is 5.57 Å². The number of anilines is 1. The zero-order chi connectivity index (χ0) is 21.7. The van der Waals surface area contributed by atoms with Crippen LogP contribution in [0.25, 0.3) is 5.57 Å². The highest BCUT2D eigenvalue weighted by atomic mass is 19.1. The molecule has 2 aromatic rings. The molecule has 0 saturated heterocycles. The van der Waals surface area contributed by atoms with E-state index in [1.807, 2.05) is 0 Å². The number of para-hydroxylation sites is 1. The third kappa shape index (κ3) is 2.90. The number of likely N-dealkylation sites (N-methyl/N-ethyl adjacent to an activating group) is 1. The number of fused-ring (bicyclic) bond motifs is 1. The van der Waals surface area contributed by atoms with Crippen LogP contribution < -0.4 is 16.2 Å². The molecule has 0 saturated carbocycles. The summed E-state index contributed by atoms with van der Waals surface area (Å²) in [6.07, 6.45) is 2.19. The maximum atomic E-state index is 14.3. The van der Waals surface area contributed by atoms with Gasteiger partial charge in [-0.3, -0.25) is 14.6 Å². The minimum absolute atomic E-state index is 0.0693. The molecule has 30 heavy (non-hydrogen) atoms. The number of hydrogen-bond donors (Lipinski definition) is 2. The SMILES string of the molecule is Cc1c(F)cc(C(N)=O)cc1C1=CC2=CNN(c3c(F)cccc3F)C2N(C)C1=O. The van der Waals surface area contributed by atoms with Gasteiger partial charge in [-0.1, -0.05) is 6.07 Å². The molecule has 4 rings (SSSR count). The summed E-state index contributed by atoms with van der Waals surface area (Å²) in [5.41, 5.74) is 8.71. The Morgan fingerprint density at radius 2 is 1.80 bits per heavy atom. The van der Waals surface area contributed by atoms with Gasteiger partial charge in [-0.15, -0.1) is 0 Å². The van der Waals surface area contributed by atoms with E-state index in [4.69, 9.17) is 5.73 Å². The molecule has 0 spiro atoms. The van der Waals surface area contributed by atoms with E-state index in [1.165, 1.54) is 48.3 Å². The molecule has 2 aliphatic rings. The molecule has 0 fully saturated rings. The van der Waals surface area contributed by atoms with Crippen molar-refractivity contribution in [2.24, 2.45) is 5.73 Å². The molecule has 0 radical (unpaired) electrons. The van der Waals surface area contributed by atoms with E-state index < -0.39 is 35.4 Å². The van der Waals surface area contributed by atoms with Crippen LogP contribution in [-0.4, -0.2) is 29.9 Å². The molecule has 2 aromatic carbocycles. The van der Waals surface area contributed by atoms with Gasteiger partial charge in [0.1, 0.15) is 11.5 Å². The molecule has 1 unspecified atom stereocenters. The summed E-state index contributed by atoms with van der Waals surface area (Å²) < 4.78 is 42.9. The normalized spacial score (nSPS) is 18.0. The lowest BCUT2D eigenvalue weighted by Crippen LogP contribution is -2.52. The third-order valence-corrected chi connectivity index (χ3v) is 5.24. The zero-order valence-corrected chi connectivity index (χ0v) is 16.0. The molecule has 0 aromatic heterocycles. The van der Waals surface area contributed by atoms with Crippen molar-refractivity contribution >= 4 is 23.1 Å². The van der Waals surface area contributed by atoms with Crippen LogP contribution >= 0.6 is 0 Å². The number of rotatable bonds is 3.